The van der Waals surface area contributed by atoms with Crippen molar-refractivity contribution in [1.29, 1.82) is 0 Å². The normalized spacial score (nSPS) is 17.0. The van der Waals surface area contributed by atoms with Crippen LogP contribution in [-0.2, 0) is 16.0 Å². The summed E-state index contributed by atoms with van der Waals surface area (Å²) in [4.78, 5) is 26.7. The SMILES string of the molecule is CCCCC1C(C(=O)NCCCc2ccc(Cl)c(Cl)c2)=C(O)C(=O)N1C(C)C. The van der Waals surface area contributed by atoms with Crippen LogP contribution in [0.25, 0.3) is 0 Å². The van der Waals surface area contributed by atoms with Crippen LogP contribution in [-0.4, -0.2) is 40.4 Å². The number of carbonyl (C=O) groups is 2. The molecule has 1 aliphatic heterocycles. The number of amides is 2. The Morgan fingerprint density at radius 2 is 1.96 bits per heavy atom. The molecule has 0 aromatic heterocycles. The maximum Gasteiger partial charge on any atom is 0.290 e. The van der Waals surface area contributed by atoms with Crippen molar-refractivity contribution in [1.82, 2.24) is 10.2 Å². The monoisotopic (exact) mass is 426 g/mol. The number of nitrogens with zero attached hydrogens (tertiary/aromatic N) is 1. The number of hydrogen-bond donors (Lipinski definition) is 2. The summed E-state index contributed by atoms with van der Waals surface area (Å²) in [6.45, 7) is 6.28. The zero-order valence-electron chi connectivity index (χ0n) is 16.6. The van der Waals surface area contributed by atoms with Gasteiger partial charge in [-0.1, -0.05) is 49.0 Å². The molecule has 1 atom stereocenters. The summed E-state index contributed by atoms with van der Waals surface area (Å²) in [7, 11) is 0. The maximum absolute atomic E-state index is 12.7. The van der Waals surface area contributed by atoms with E-state index < -0.39 is 11.7 Å². The molecule has 0 fully saturated rings. The van der Waals surface area contributed by atoms with E-state index in [9.17, 15) is 14.7 Å². The Bertz CT molecular complexity index is 762. The van der Waals surface area contributed by atoms with Gasteiger partial charge in [0.15, 0.2) is 5.76 Å². The summed E-state index contributed by atoms with van der Waals surface area (Å²) in [5, 5.41) is 14.2. The number of benzene rings is 1. The van der Waals surface area contributed by atoms with Gasteiger partial charge in [0, 0.05) is 12.6 Å². The molecule has 2 N–H and O–H groups in total. The highest BCUT2D eigenvalue weighted by Gasteiger charge is 2.43. The van der Waals surface area contributed by atoms with Crippen LogP contribution >= 0.6 is 23.2 Å². The summed E-state index contributed by atoms with van der Waals surface area (Å²) in [6, 6.07) is 5.01. The zero-order valence-corrected chi connectivity index (χ0v) is 18.1. The number of halogens is 2. The molecule has 1 aliphatic rings. The fourth-order valence-electron chi connectivity index (χ4n) is 3.49. The van der Waals surface area contributed by atoms with Crippen LogP contribution < -0.4 is 5.32 Å². The lowest BCUT2D eigenvalue weighted by Gasteiger charge is -2.29. The van der Waals surface area contributed by atoms with Crippen LogP contribution in [0.15, 0.2) is 29.5 Å². The molecule has 0 saturated heterocycles. The Morgan fingerprint density at radius 1 is 1.25 bits per heavy atom. The average Bonchev–Trinajstić information content (AvgIpc) is 2.90. The van der Waals surface area contributed by atoms with E-state index >= 15 is 0 Å². The van der Waals surface area contributed by atoms with Crippen molar-refractivity contribution in [3.05, 3.63) is 45.1 Å². The molecule has 1 aromatic rings. The van der Waals surface area contributed by atoms with Gasteiger partial charge in [-0.05, 0) is 50.8 Å². The van der Waals surface area contributed by atoms with Gasteiger partial charge in [-0.15, -0.1) is 0 Å². The molecular weight excluding hydrogens is 399 g/mol. The number of unbranched alkanes of at least 4 members (excludes halogenated alkanes) is 1. The van der Waals surface area contributed by atoms with Crippen LogP contribution in [0.5, 0.6) is 0 Å². The predicted molar refractivity (Wildman–Crippen MR) is 113 cm³/mol. The van der Waals surface area contributed by atoms with Crippen molar-refractivity contribution in [2.24, 2.45) is 0 Å². The predicted octanol–water partition coefficient (Wildman–Crippen LogP) is 4.66. The first kappa shape index (κ1) is 22.6. The van der Waals surface area contributed by atoms with Gasteiger partial charge < -0.3 is 15.3 Å². The third kappa shape index (κ3) is 5.21. The molecule has 0 radical (unpaired) electrons. The van der Waals surface area contributed by atoms with Gasteiger partial charge in [0.2, 0.25) is 0 Å². The first-order valence-electron chi connectivity index (χ1n) is 9.75. The smallest absolute Gasteiger partial charge is 0.290 e. The first-order chi connectivity index (χ1) is 13.3. The fraction of sp³-hybridized carbons (Fsp3) is 0.524. The standard InChI is InChI=1S/C21H28Cl2N2O3/c1-4-5-8-17-18(19(26)21(28)25(17)13(2)3)20(27)24-11-6-7-14-9-10-15(22)16(23)12-14/h9-10,12-13,17,26H,4-8,11H2,1-3H3,(H,24,27). The third-order valence-corrected chi connectivity index (χ3v) is 5.64. The second-order valence-electron chi connectivity index (χ2n) is 7.33. The molecule has 0 spiro atoms. The van der Waals surface area contributed by atoms with Crippen LogP contribution in [0.1, 0.15) is 52.0 Å². The molecule has 28 heavy (non-hydrogen) atoms. The van der Waals surface area contributed by atoms with Crippen molar-refractivity contribution in [3.8, 4) is 0 Å². The van der Waals surface area contributed by atoms with Gasteiger partial charge in [0.25, 0.3) is 11.8 Å². The quantitative estimate of drug-likeness (QED) is 0.563. The lowest BCUT2D eigenvalue weighted by molar-refractivity contribution is -0.131. The molecule has 0 bridgehead atoms. The van der Waals surface area contributed by atoms with Gasteiger partial charge in [-0.25, -0.2) is 0 Å². The molecule has 0 aliphatic carbocycles. The molecule has 2 amide bonds. The lowest BCUT2D eigenvalue weighted by atomic mass is 10.0. The molecule has 5 nitrogen and oxygen atoms in total. The Kier molecular flexibility index (Phi) is 8.20. The third-order valence-electron chi connectivity index (χ3n) is 4.91. The summed E-state index contributed by atoms with van der Waals surface area (Å²) in [5.74, 6) is -1.25. The zero-order chi connectivity index (χ0) is 20.8. The van der Waals surface area contributed by atoms with Gasteiger partial charge in [0.05, 0.1) is 21.7 Å². The van der Waals surface area contributed by atoms with E-state index in [1.165, 1.54) is 0 Å². The highest BCUT2D eigenvalue weighted by molar-refractivity contribution is 6.42. The van der Waals surface area contributed by atoms with Crippen LogP contribution in [0.3, 0.4) is 0 Å². The van der Waals surface area contributed by atoms with E-state index in [1.54, 1.807) is 11.0 Å². The van der Waals surface area contributed by atoms with E-state index in [0.29, 0.717) is 29.4 Å². The van der Waals surface area contributed by atoms with Gasteiger partial charge in [-0.3, -0.25) is 9.59 Å². The lowest BCUT2D eigenvalue weighted by Crippen LogP contribution is -2.43. The molecule has 0 saturated carbocycles. The van der Waals surface area contributed by atoms with Crippen molar-refractivity contribution < 1.29 is 14.7 Å². The maximum atomic E-state index is 12.7. The highest BCUT2D eigenvalue weighted by Crippen LogP contribution is 2.30. The number of nitrogens with one attached hydrogen (secondary N) is 1. The Hall–Kier alpha value is -1.72. The summed E-state index contributed by atoms with van der Waals surface area (Å²) < 4.78 is 0. The Balaban J connectivity index is 1.98. The first-order valence-corrected chi connectivity index (χ1v) is 10.5. The van der Waals surface area contributed by atoms with Gasteiger partial charge >= 0.3 is 0 Å². The van der Waals surface area contributed by atoms with Crippen LogP contribution in [0.4, 0.5) is 0 Å². The van der Waals surface area contributed by atoms with Crippen molar-refractivity contribution in [2.75, 3.05) is 6.54 Å². The average molecular weight is 427 g/mol. The Labute approximate surface area is 176 Å². The number of aliphatic hydroxyl groups is 1. The summed E-state index contributed by atoms with van der Waals surface area (Å²) in [6.07, 6.45) is 3.94. The van der Waals surface area contributed by atoms with E-state index in [-0.39, 0.29) is 23.6 Å². The number of carbonyl (C=O) groups excluding carboxylic acids is 2. The van der Waals surface area contributed by atoms with Crippen molar-refractivity contribution in [2.45, 2.75) is 65.0 Å². The van der Waals surface area contributed by atoms with Crippen LogP contribution in [0.2, 0.25) is 10.0 Å². The molecule has 1 heterocycles. The summed E-state index contributed by atoms with van der Waals surface area (Å²) in [5.41, 5.74) is 1.23. The van der Waals surface area contributed by atoms with E-state index in [4.69, 9.17) is 23.2 Å². The fourth-order valence-corrected chi connectivity index (χ4v) is 3.82. The second-order valence-corrected chi connectivity index (χ2v) is 8.15. The van der Waals surface area contributed by atoms with Crippen molar-refractivity contribution >= 4 is 35.0 Å². The minimum absolute atomic E-state index is 0.0866. The number of aliphatic hydroxyl groups excluding tert-OH is 1. The number of rotatable bonds is 9. The number of hydrogen-bond acceptors (Lipinski definition) is 3. The second kappa shape index (κ2) is 10.2. The largest absolute Gasteiger partial charge is 0.503 e. The molecule has 2 rings (SSSR count). The number of aryl methyl sites for hydroxylation is 1. The molecule has 1 aromatic carbocycles. The highest BCUT2D eigenvalue weighted by atomic mass is 35.5. The molecule has 7 heteroatoms. The van der Waals surface area contributed by atoms with Crippen molar-refractivity contribution in [3.63, 3.8) is 0 Å². The van der Waals surface area contributed by atoms with Crippen LogP contribution in [0, 0.1) is 0 Å². The topological polar surface area (TPSA) is 69.6 Å². The van der Waals surface area contributed by atoms with E-state index in [1.807, 2.05) is 26.0 Å². The summed E-state index contributed by atoms with van der Waals surface area (Å²) >= 11 is 11.9. The van der Waals surface area contributed by atoms with Gasteiger partial charge in [0.1, 0.15) is 0 Å². The molecule has 1 unspecified atom stereocenters. The molecular formula is C21H28Cl2N2O3. The minimum Gasteiger partial charge on any atom is -0.503 e. The van der Waals surface area contributed by atoms with Gasteiger partial charge in [-0.2, -0.15) is 0 Å². The Morgan fingerprint density at radius 3 is 2.57 bits per heavy atom. The molecule has 154 valence electrons. The van der Waals surface area contributed by atoms with E-state index in [2.05, 4.69) is 12.2 Å². The van der Waals surface area contributed by atoms with E-state index in [0.717, 1.165) is 24.8 Å². The minimum atomic E-state index is -0.461.